The summed E-state index contributed by atoms with van der Waals surface area (Å²) in [6.07, 6.45) is 16.4. The third kappa shape index (κ3) is 47.7. The van der Waals surface area contributed by atoms with Crippen molar-refractivity contribution in [3.63, 3.8) is 0 Å². The summed E-state index contributed by atoms with van der Waals surface area (Å²) in [7, 11) is 12.4. The number of amides is 18. The first-order valence-electron chi connectivity index (χ1n) is 47.4. The van der Waals surface area contributed by atoms with Crippen LogP contribution >= 0.6 is 23.5 Å². The van der Waals surface area contributed by atoms with Crippen molar-refractivity contribution in [2.24, 2.45) is 0 Å². The van der Waals surface area contributed by atoms with Crippen LogP contribution in [-0.2, 0) is 95.8 Å². The van der Waals surface area contributed by atoms with E-state index < -0.39 is 167 Å². The molecule has 4 aliphatic heterocycles. The first kappa shape index (κ1) is 118. The molecule has 754 valence electrons. The lowest BCUT2D eigenvalue weighted by Crippen LogP contribution is -2.60. The maximum absolute atomic E-state index is 14.3. The fourth-order valence-electron chi connectivity index (χ4n) is 14.3. The molecular weight excluding hydrogens is 1760 g/mol. The maximum atomic E-state index is 14.3. The summed E-state index contributed by atoms with van der Waals surface area (Å²) in [5.41, 5.74) is 0. The van der Waals surface area contributed by atoms with Gasteiger partial charge in [-0.25, -0.2) is 0 Å². The number of unbranched alkanes of at least 4 members (excludes halogenated alkanes) is 9. The lowest BCUT2D eigenvalue weighted by atomic mass is 10.0. The minimum absolute atomic E-state index is 0.0180. The summed E-state index contributed by atoms with van der Waals surface area (Å²) >= 11 is 2.29. The fourth-order valence-corrected chi connectivity index (χ4v) is 16.1. The first-order chi connectivity index (χ1) is 63.8. The zero-order chi connectivity index (χ0) is 98.4. The Kier molecular flexibility index (Phi) is 61.6. The summed E-state index contributed by atoms with van der Waals surface area (Å²) in [5.74, 6) is -8.61. The normalized spacial score (nSPS) is 22.6. The quantitative estimate of drug-likeness (QED) is 0.0232. The van der Waals surface area contributed by atoms with Gasteiger partial charge in [-0.3, -0.25) is 96.1 Å². The Labute approximate surface area is 792 Å². The monoisotopic (exact) mass is 1920 g/mol. The van der Waals surface area contributed by atoms with Crippen LogP contribution in [-0.4, -0.2) is 335 Å². The third-order valence-corrected chi connectivity index (χ3v) is 24.5. The maximum Gasteiger partial charge on any atom is 0.267 e. The molecule has 20 N–H and O–H groups in total. The van der Waals surface area contributed by atoms with Gasteiger partial charge in [0.1, 0.15) is 72.5 Å². The number of thioether (sulfide) groups is 2. The Bertz CT molecular complexity index is 3740. The number of hydrogen-bond acceptors (Lipinski definition) is 28. The van der Waals surface area contributed by atoms with Crippen molar-refractivity contribution in [3.8, 4) is 0 Å². The van der Waals surface area contributed by atoms with E-state index in [0.717, 1.165) is 73.3 Å². The standard InChI is InChI=1S/C55H91N13O14S2.C34H65N9O6/c1-36-48(73)63-38(16-7-11-22-56-3)50(75)61-37(2)49(74)64-40(18-9-13-24-58-5)52(77)66-41(53(78)65-39(51(76)62-36)17-8-12-23-57-4)19-10-14-25-60-45(70)21-33-84-43-35-47(72)68(55(43)80)27-29-82-31-30-81-28-26-67-46(71)34-42(54(67)79)83-32-15-20-44(69)59-6;1-7-8-9-16-28-34(49)42-26(18-11-14-21-36-5)32(47)39-23(2)29(44)40-25(17-10-13-20-35-4)31(46)38-24(3)30(45)41-27(33(48)43-28)19-12-15-22-37-6/h34-41,56-58H,7-33H2,1-6H3,(H,59,69)(H,60,70)(H,61,75)(H,62,76)(H,63,73)(H,64,74)(H,65,78)(H,66,77);23-28,35-37H,7-22H2,1-6H3,(H,38,46)(H,39,47)(H,40,44)(H,41,45)(H,42,49)(H,43,48)/t36-,37-,38+,39+,40+,41-;23-,24-,25+,26+,27+,28-/m11/s1. The van der Waals surface area contributed by atoms with E-state index in [1.807, 2.05) is 28.1 Å². The molecule has 18 amide bonds. The smallest absolute Gasteiger partial charge is 0.267 e. The molecule has 0 aliphatic carbocycles. The number of ether oxygens (including phenoxy) is 2. The molecule has 0 spiro atoms. The number of rotatable bonds is 57. The number of hydrogen-bond donors (Lipinski definition) is 20. The summed E-state index contributed by atoms with van der Waals surface area (Å²) in [6.45, 7) is 12.8. The molecule has 4 heterocycles. The number of nitrogens with one attached hydrogen (secondary N) is 20. The molecule has 12 atom stereocenters. The summed E-state index contributed by atoms with van der Waals surface area (Å²) in [6, 6.07) is -12.5. The Morgan fingerprint density at radius 3 is 0.812 bits per heavy atom. The second kappa shape index (κ2) is 69.5. The van der Waals surface area contributed by atoms with E-state index in [1.54, 1.807) is 28.2 Å². The molecule has 42 nitrogen and oxygen atoms in total. The molecule has 0 saturated carbocycles. The van der Waals surface area contributed by atoms with Crippen LogP contribution in [0.1, 0.15) is 214 Å². The van der Waals surface area contributed by atoms with Crippen LogP contribution in [0.25, 0.3) is 0 Å². The van der Waals surface area contributed by atoms with Crippen molar-refractivity contribution in [1.29, 1.82) is 0 Å². The highest BCUT2D eigenvalue weighted by Gasteiger charge is 2.38. The van der Waals surface area contributed by atoms with Gasteiger partial charge in [0.25, 0.3) is 23.6 Å². The van der Waals surface area contributed by atoms with E-state index in [4.69, 9.17) is 9.47 Å². The molecule has 0 unspecified atom stereocenters. The van der Waals surface area contributed by atoms with Gasteiger partial charge in [0.05, 0.1) is 49.3 Å². The van der Waals surface area contributed by atoms with Gasteiger partial charge in [-0.15, -0.1) is 23.5 Å². The average Bonchev–Trinajstić information content (AvgIpc) is 1.81. The molecule has 2 fully saturated rings. The van der Waals surface area contributed by atoms with Gasteiger partial charge in [0, 0.05) is 44.3 Å². The second-order valence-electron chi connectivity index (χ2n) is 33.4. The predicted molar refractivity (Wildman–Crippen MR) is 508 cm³/mol. The van der Waals surface area contributed by atoms with Crippen molar-refractivity contribution in [3.05, 3.63) is 22.0 Å². The van der Waals surface area contributed by atoms with Crippen molar-refractivity contribution in [1.82, 2.24) is 116 Å². The minimum Gasteiger partial charge on any atom is -0.377 e. The highest BCUT2D eigenvalue weighted by molar-refractivity contribution is 8.04. The van der Waals surface area contributed by atoms with Gasteiger partial charge < -0.3 is 116 Å². The Balaban J connectivity index is 0.000000789. The Morgan fingerprint density at radius 2 is 0.549 bits per heavy atom. The van der Waals surface area contributed by atoms with Gasteiger partial charge in [0.2, 0.25) is 82.7 Å². The van der Waals surface area contributed by atoms with E-state index in [2.05, 4.69) is 106 Å². The molecule has 133 heavy (non-hydrogen) atoms. The molecule has 4 rings (SSSR count). The van der Waals surface area contributed by atoms with E-state index in [1.165, 1.54) is 51.6 Å². The molecular formula is C89H156N22O20S2. The molecule has 0 aromatic rings. The van der Waals surface area contributed by atoms with Gasteiger partial charge in [0.15, 0.2) is 0 Å². The highest BCUT2D eigenvalue weighted by atomic mass is 32.2. The minimum atomic E-state index is -1.19. The Hall–Kier alpha value is -9.28. The van der Waals surface area contributed by atoms with Crippen molar-refractivity contribution in [2.75, 3.05) is 146 Å². The van der Waals surface area contributed by atoms with Gasteiger partial charge in [-0.1, -0.05) is 26.2 Å². The van der Waals surface area contributed by atoms with Gasteiger partial charge in [-0.05, 0) is 263 Å². The SMILES string of the molecule is CCCCC[C@H]1NC(=O)[C@H](CCCCNC)NC(=O)[C@@H](C)NC(=O)[C@H](CCCCNC)NC(=O)[C@@H](C)NC(=O)[C@H](CCCCNC)NC1=O.CNCCCC[C@@H]1NC(=O)[C@@H](C)NC(=O)[C@H](CCCCNC)NC(=O)[C@@H](CCCCNC(=O)CCSC2=CC(=O)N(CCOCCOCCN3C(=O)C=C(SCCCC(=O)NC)C3=O)C2=O)NC(=O)[C@H](CCCCNC)NC(=O)[C@@H](C)NC1=O. The van der Waals surface area contributed by atoms with Gasteiger partial charge in [-0.2, -0.15) is 0 Å². The van der Waals surface area contributed by atoms with Crippen LogP contribution in [0.2, 0.25) is 0 Å². The topological polar surface area (TPSA) is 573 Å². The average molecular weight is 1920 g/mol. The second-order valence-corrected chi connectivity index (χ2v) is 35.7. The van der Waals surface area contributed by atoms with Crippen molar-refractivity contribution in [2.45, 2.75) is 287 Å². The first-order valence-corrected chi connectivity index (χ1v) is 49.4. The zero-order valence-electron chi connectivity index (χ0n) is 80.4. The third-order valence-electron chi connectivity index (χ3n) is 22.3. The number of carbonyl (C=O) groups excluding carboxylic acids is 18. The lowest BCUT2D eigenvalue weighted by Gasteiger charge is -2.28. The number of imide groups is 2. The molecule has 0 aromatic heterocycles. The van der Waals surface area contributed by atoms with Crippen LogP contribution < -0.4 is 106 Å². The van der Waals surface area contributed by atoms with Crippen LogP contribution in [0.5, 0.6) is 0 Å². The van der Waals surface area contributed by atoms with E-state index in [-0.39, 0.29) is 101 Å². The van der Waals surface area contributed by atoms with Crippen molar-refractivity contribution >= 4 is 130 Å². The van der Waals surface area contributed by atoms with E-state index >= 15 is 0 Å². The van der Waals surface area contributed by atoms with E-state index in [9.17, 15) is 86.3 Å². The van der Waals surface area contributed by atoms with Crippen LogP contribution in [0, 0.1) is 0 Å². The lowest BCUT2D eigenvalue weighted by molar-refractivity contribution is -0.139. The number of nitrogens with zero attached hydrogens (tertiary/aromatic N) is 2. The summed E-state index contributed by atoms with van der Waals surface area (Å²) < 4.78 is 11.1. The summed E-state index contributed by atoms with van der Waals surface area (Å²) in [5, 5.41) is 56.8. The predicted octanol–water partition coefficient (Wildman–Crippen LogP) is -1.98. The molecule has 0 aromatic carbocycles. The van der Waals surface area contributed by atoms with Crippen LogP contribution in [0.3, 0.4) is 0 Å². The van der Waals surface area contributed by atoms with Crippen LogP contribution in [0.15, 0.2) is 22.0 Å². The molecule has 0 bridgehead atoms. The zero-order valence-corrected chi connectivity index (χ0v) is 82.0. The fraction of sp³-hybridized carbons (Fsp3) is 0.753. The molecule has 44 heteroatoms. The number of carbonyl (C=O) groups is 18. The molecule has 2 saturated heterocycles. The Morgan fingerprint density at radius 1 is 0.301 bits per heavy atom. The summed E-state index contributed by atoms with van der Waals surface area (Å²) in [4.78, 5) is 242. The van der Waals surface area contributed by atoms with E-state index in [0.29, 0.717) is 146 Å². The van der Waals surface area contributed by atoms with Crippen LogP contribution in [0.4, 0.5) is 0 Å². The van der Waals surface area contributed by atoms with Gasteiger partial charge >= 0.3 is 0 Å². The molecule has 0 radical (unpaired) electrons. The largest absolute Gasteiger partial charge is 0.377 e. The molecule has 4 aliphatic rings. The van der Waals surface area contributed by atoms with Crippen molar-refractivity contribution < 1.29 is 95.8 Å². The highest BCUT2D eigenvalue weighted by Crippen LogP contribution is 2.27.